The van der Waals surface area contributed by atoms with Gasteiger partial charge >= 0.3 is 0 Å². The number of nitrogens with one attached hydrogen (secondary N) is 2. The molecule has 0 spiro atoms. The van der Waals surface area contributed by atoms with Crippen LogP contribution in [0.1, 0.15) is 12.0 Å². The molecule has 4 N–H and O–H groups in total. The maximum Gasteiger partial charge on any atom is 0.220 e. The van der Waals surface area contributed by atoms with Gasteiger partial charge in [-0.15, -0.1) is 12.4 Å². The van der Waals surface area contributed by atoms with Gasteiger partial charge in [0.2, 0.25) is 5.91 Å². The van der Waals surface area contributed by atoms with Crippen molar-refractivity contribution in [3.63, 3.8) is 0 Å². The van der Waals surface area contributed by atoms with Gasteiger partial charge in [-0.25, -0.2) is 0 Å². The van der Waals surface area contributed by atoms with Crippen LogP contribution in [-0.4, -0.2) is 18.3 Å². The molecule has 0 unspecified atom stereocenters. The predicted molar refractivity (Wildman–Crippen MR) is 66.9 cm³/mol. The first-order valence-electron chi connectivity index (χ1n) is 4.82. The van der Waals surface area contributed by atoms with E-state index in [9.17, 15) is 4.79 Å². The second kappa shape index (κ2) is 7.70. The van der Waals surface area contributed by atoms with Crippen LogP contribution in [0, 0.1) is 5.41 Å². The van der Waals surface area contributed by atoms with Gasteiger partial charge in [0.1, 0.15) is 5.84 Å². The van der Waals surface area contributed by atoms with Crippen molar-refractivity contribution in [2.45, 2.75) is 12.8 Å². The minimum absolute atomic E-state index is 0. The van der Waals surface area contributed by atoms with Crippen molar-refractivity contribution < 1.29 is 4.79 Å². The lowest BCUT2D eigenvalue weighted by molar-refractivity contribution is -0.120. The van der Waals surface area contributed by atoms with Gasteiger partial charge in [-0.3, -0.25) is 10.2 Å². The van der Waals surface area contributed by atoms with Crippen LogP contribution in [0.4, 0.5) is 0 Å². The number of carbonyl (C=O) groups excluding carboxylic acids is 1. The Bertz CT molecular complexity index is 340. The summed E-state index contributed by atoms with van der Waals surface area (Å²) >= 11 is 0. The van der Waals surface area contributed by atoms with Crippen molar-refractivity contribution in [3.8, 4) is 0 Å². The topological polar surface area (TPSA) is 79.0 Å². The number of aryl methyl sites for hydroxylation is 1. The molecule has 0 heterocycles. The highest BCUT2D eigenvalue weighted by molar-refractivity contribution is 5.85. The van der Waals surface area contributed by atoms with Crippen LogP contribution in [0.25, 0.3) is 0 Å². The molecule has 1 aromatic rings. The molecular formula is C11H16ClN3O. The van der Waals surface area contributed by atoms with Crippen molar-refractivity contribution in [2.75, 3.05) is 6.54 Å². The first kappa shape index (κ1) is 14.5. The molecule has 1 aromatic carbocycles. The van der Waals surface area contributed by atoms with Gasteiger partial charge in [-0.1, -0.05) is 30.3 Å². The number of hydrogen-bond donors (Lipinski definition) is 3. The number of nitrogens with two attached hydrogens (primary N) is 1. The average Bonchev–Trinajstić information content (AvgIpc) is 2.25. The Morgan fingerprint density at radius 3 is 2.50 bits per heavy atom. The number of hydrogen-bond acceptors (Lipinski definition) is 2. The van der Waals surface area contributed by atoms with Gasteiger partial charge in [-0.2, -0.15) is 0 Å². The molecule has 0 saturated heterocycles. The van der Waals surface area contributed by atoms with Gasteiger partial charge in [0.25, 0.3) is 0 Å². The number of benzene rings is 1. The monoisotopic (exact) mass is 241 g/mol. The molecular weight excluding hydrogens is 226 g/mol. The zero-order valence-corrected chi connectivity index (χ0v) is 9.72. The summed E-state index contributed by atoms with van der Waals surface area (Å²) in [4.78, 5) is 11.3. The Kier molecular flexibility index (Phi) is 6.96. The normalized spacial score (nSPS) is 9.00. The molecule has 1 amide bonds. The molecule has 0 atom stereocenters. The van der Waals surface area contributed by atoms with Crippen LogP contribution in [0.15, 0.2) is 30.3 Å². The molecule has 0 saturated carbocycles. The summed E-state index contributed by atoms with van der Waals surface area (Å²) in [6.45, 7) is 0.133. The van der Waals surface area contributed by atoms with E-state index in [1.165, 1.54) is 0 Å². The third kappa shape index (κ3) is 6.03. The molecule has 0 aliphatic heterocycles. The average molecular weight is 242 g/mol. The van der Waals surface area contributed by atoms with E-state index in [1.54, 1.807) is 0 Å². The van der Waals surface area contributed by atoms with E-state index in [2.05, 4.69) is 5.32 Å². The fourth-order valence-corrected chi connectivity index (χ4v) is 1.18. The van der Waals surface area contributed by atoms with E-state index >= 15 is 0 Å². The number of carbonyl (C=O) groups is 1. The van der Waals surface area contributed by atoms with Crippen molar-refractivity contribution in [1.29, 1.82) is 5.41 Å². The molecule has 88 valence electrons. The molecule has 4 nitrogen and oxygen atoms in total. The standard InChI is InChI=1S/C11H15N3O.ClH/c12-10(13)8-14-11(15)7-6-9-4-2-1-3-5-9;/h1-5H,6-8H2,(H3,12,13)(H,14,15);1H. The molecule has 0 fully saturated rings. The summed E-state index contributed by atoms with van der Waals surface area (Å²) < 4.78 is 0. The van der Waals surface area contributed by atoms with Gasteiger partial charge < -0.3 is 11.1 Å². The first-order valence-corrected chi connectivity index (χ1v) is 4.82. The summed E-state index contributed by atoms with van der Waals surface area (Å²) in [7, 11) is 0. The Morgan fingerprint density at radius 1 is 1.31 bits per heavy atom. The van der Waals surface area contributed by atoms with Crippen LogP contribution >= 0.6 is 12.4 Å². The molecule has 16 heavy (non-hydrogen) atoms. The van der Waals surface area contributed by atoms with E-state index in [1.807, 2.05) is 30.3 Å². The van der Waals surface area contributed by atoms with E-state index in [-0.39, 0.29) is 30.7 Å². The Hall–Kier alpha value is -1.55. The fraction of sp³-hybridized carbons (Fsp3) is 0.273. The highest BCUT2D eigenvalue weighted by Crippen LogP contribution is 2.01. The number of amides is 1. The van der Waals surface area contributed by atoms with E-state index in [4.69, 9.17) is 11.1 Å². The van der Waals surface area contributed by atoms with Crippen LogP contribution in [0.5, 0.6) is 0 Å². The lowest BCUT2D eigenvalue weighted by Gasteiger charge is -2.03. The first-order chi connectivity index (χ1) is 7.18. The molecule has 0 aliphatic carbocycles. The number of amidine groups is 1. The second-order valence-electron chi connectivity index (χ2n) is 3.29. The summed E-state index contributed by atoms with van der Waals surface area (Å²) in [5.41, 5.74) is 6.25. The van der Waals surface area contributed by atoms with E-state index in [0.717, 1.165) is 5.56 Å². The number of halogens is 1. The largest absolute Gasteiger partial charge is 0.386 e. The predicted octanol–water partition coefficient (Wildman–Crippen LogP) is 1.09. The quantitative estimate of drug-likeness (QED) is 0.533. The highest BCUT2D eigenvalue weighted by Gasteiger charge is 2.01. The summed E-state index contributed by atoms with van der Waals surface area (Å²) in [6.07, 6.45) is 1.14. The van der Waals surface area contributed by atoms with Crippen LogP contribution in [0.2, 0.25) is 0 Å². The van der Waals surface area contributed by atoms with Gasteiger partial charge in [0, 0.05) is 6.42 Å². The van der Waals surface area contributed by atoms with Gasteiger partial charge in [0.15, 0.2) is 0 Å². The van der Waals surface area contributed by atoms with Crippen LogP contribution in [-0.2, 0) is 11.2 Å². The minimum atomic E-state index is -0.0750. The van der Waals surface area contributed by atoms with Crippen molar-refractivity contribution in [3.05, 3.63) is 35.9 Å². The summed E-state index contributed by atoms with van der Waals surface area (Å²) in [5.74, 6) is -0.0999. The Morgan fingerprint density at radius 2 is 1.94 bits per heavy atom. The van der Waals surface area contributed by atoms with Crippen molar-refractivity contribution in [1.82, 2.24) is 5.32 Å². The molecule has 0 aromatic heterocycles. The van der Waals surface area contributed by atoms with E-state index in [0.29, 0.717) is 12.8 Å². The molecule has 5 heteroatoms. The van der Waals surface area contributed by atoms with Crippen LogP contribution in [0.3, 0.4) is 0 Å². The summed E-state index contributed by atoms with van der Waals surface area (Å²) in [5, 5.41) is 9.51. The lowest BCUT2D eigenvalue weighted by atomic mass is 10.1. The highest BCUT2D eigenvalue weighted by atomic mass is 35.5. The van der Waals surface area contributed by atoms with Crippen molar-refractivity contribution >= 4 is 24.1 Å². The Labute approximate surface area is 101 Å². The smallest absolute Gasteiger partial charge is 0.220 e. The molecule has 0 radical (unpaired) electrons. The number of rotatable bonds is 5. The summed E-state index contributed by atoms with van der Waals surface area (Å²) in [6, 6.07) is 9.81. The van der Waals surface area contributed by atoms with Crippen LogP contribution < -0.4 is 11.1 Å². The maximum atomic E-state index is 11.3. The maximum absolute atomic E-state index is 11.3. The fourth-order valence-electron chi connectivity index (χ4n) is 1.18. The third-order valence-corrected chi connectivity index (χ3v) is 1.96. The molecule has 0 aliphatic rings. The zero-order valence-electron chi connectivity index (χ0n) is 8.90. The minimum Gasteiger partial charge on any atom is -0.386 e. The molecule has 1 rings (SSSR count). The van der Waals surface area contributed by atoms with E-state index < -0.39 is 0 Å². The van der Waals surface area contributed by atoms with Gasteiger partial charge in [-0.05, 0) is 12.0 Å². The molecule has 0 bridgehead atoms. The zero-order chi connectivity index (χ0) is 11.1. The van der Waals surface area contributed by atoms with Crippen molar-refractivity contribution in [2.24, 2.45) is 5.73 Å². The lowest BCUT2D eigenvalue weighted by Crippen LogP contribution is -2.32. The van der Waals surface area contributed by atoms with Gasteiger partial charge in [0.05, 0.1) is 6.54 Å². The second-order valence-corrected chi connectivity index (χ2v) is 3.29. The SMILES string of the molecule is Cl.N=C(N)CNC(=O)CCc1ccccc1. The Balaban J connectivity index is 0.00000225. The third-order valence-electron chi connectivity index (χ3n) is 1.96.